The van der Waals surface area contributed by atoms with Gasteiger partial charge >= 0.3 is 0 Å². The van der Waals surface area contributed by atoms with E-state index in [0.717, 1.165) is 11.3 Å². The highest BCUT2D eigenvalue weighted by Gasteiger charge is 2.29. The molecule has 0 N–H and O–H groups in total. The van der Waals surface area contributed by atoms with E-state index in [1.165, 1.54) is 18.5 Å². The first-order valence-electron chi connectivity index (χ1n) is 6.58. The molecule has 0 radical (unpaired) electrons. The Balaban J connectivity index is 2.22. The average Bonchev–Trinajstić information content (AvgIpc) is 3.07. The fraction of sp³-hybridized carbons (Fsp3) is 0.267. The molecule has 0 spiro atoms. The zero-order valence-electron chi connectivity index (χ0n) is 12.0. The van der Waals surface area contributed by atoms with Crippen molar-refractivity contribution in [1.29, 1.82) is 0 Å². The lowest BCUT2D eigenvalue weighted by atomic mass is 9.91. The molecule has 6 heteroatoms. The van der Waals surface area contributed by atoms with E-state index in [0.29, 0.717) is 11.5 Å². The van der Waals surface area contributed by atoms with Gasteiger partial charge in [0.25, 0.3) is 0 Å². The molecule has 0 saturated heterocycles. The summed E-state index contributed by atoms with van der Waals surface area (Å²) in [4.78, 5) is 3.97. The minimum Gasteiger partial charge on any atom is -0.358 e. The summed E-state index contributed by atoms with van der Waals surface area (Å²) in [6.45, 7) is 6.09. The highest BCUT2D eigenvalue weighted by molar-refractivity contribution is 5.70. The second kappa shape index (κ2) is 4.80. The van der Waals surface area contributed by atoms with Gasteiger partial charge in [-0.25, -0.2) is 14.1 Å². The van der Waals surface area contributed by atoms with Crippen LogP contribution in [0.4, 0.5) is 4.39 Å². The molecule has 0 aliphatic carbocycles. The predicted molar refractivity (Wildman–Crippen MR) is 75.5 cm³/mol. The summed E-state index contributed by atoms with van der Waals surface area (Å²) < 4.78 is 20.3. The van der Waals surface area contributed by atoms with Crippen LogP contribution in [0.5, 0.6) is 0 Å². The van der Waals surface area contributed by atoms with E-state index >= 15 is 0 Å². The van der Waals surface area contributed by atoms with Crippen LogP contribution in [0.3, 0.4) is 0 Å². The van der Waals surface area contributed by atoms with Gasteiger partial charge in [-0.15, -0.1) is 0 Å². The van der Waals surface area contributed by atoms with E-state index in [2.05, 4.69) is 15.2 Å². The smallest absolute Gasteiger partial charge is 0.168 e. The van der Waals surface area contributed by atoms with Crippen LogP contribution in [0.15, 0.2) is 41.4 Å². The first-order valence-corrected chi connectivity index (χ1v) is 6.58. The van der Waals surface area contributed by atoms with E-state index in [9.17, 15) is 4.39 Å². The lowest BCUT2D eigenvalue weighted by Crippen LogP contribution is -2.14. The molecule has 0 atom stereocenters. The molecule has 0 unspecified atom stereocenters. The average molecular weight is 286 g/mol. The van der Waals surface area contributed by atoms with Crippen LogP contribution in [-0.2, 0) is 5.41 Å². The highest BCUT2D eigenvalue weighted by atomic mass is 19.1. The van der Waals surface area contributed by atoms with Gasteiger partial charge in [0.1, 0.15) is 29.9 Å². The van der Waals surface area contributed by atoms with Crippen molar-refractivity contribution in [1.82, 2.24) is 19.9 Å². The monoisotopic (exact) mass is 286 g/mol. The van der Waals surface area contributed by atoms with Gasteiger partial charge < -0.3 is 4.52 Å². The second-order valence-electron chi connectivity index (χ2n) is 5.81. The number of halogens is 1. The third kappa shape index (κ3) is 2.44. The van der Waals surface area contributed by atoms with Crippen molar-refractivity contribution < 1.29 is 8.91 Å². The van der Waals surface area contributed by atoms with Crippen LogP contribution < -0.4 is 0 Å². The largest absolute Gasteiger partial charge is 0.358 e. The van der Waals surface area contributed by atoms with Crippen molar-refractivity contribution >= 4 is 0 Å². The van der Waals surface area contributed by atoms with Gasteiger partial charge in [-0.05, 0) is 24.3 Å². The number of rotatable bonds is 2. The molecule has 0 saturated carbocycles. The highest BCUT2D eigenvalue weighted by Crippen LogP contribution is 2.35. The zero-order chi connectivity index (χ0) is 15.0. The fourth-order valence-corrected chi connectivity index (χ4v) is 2.11. The van der Waals surface area contributed by atoms with Crippen molar-refractivity contribution in [2.24, 2.45) is 0 Å². The molecular formula is C15H15FN4O. The maximum Gasteiger partial charge on any atom is 0.168 e. The summed E-state index contributed by atoms with van der Waals surface area (Å²) in [6.07, 6.45) is 3.04. The van der Waals surface area contributed by atoms with E-state index in [4.69, 9.17) is 4.52 Å². The van der Waals surface area contributed by atoms with Crippen molar-refractivity contribution in [3.05, 3.63) is 48.5 Å². The van der Waals surface area contributed by atoms with Crippen molar-refractivity contribution in [2.75, 3.05) is 0 Å². The van der Waals surface area contributed by atoms with Crippen LogP contribution in [0.2, 0.25) is 0 Å². The Bertz CT molecular complexity index is 739. The van der Waals surface area contributed by atoms with Gasteiger partial charge in [0, 0.05) is 11.0 Å². The van der Waals surface area contributed by atoms with E-state index in [1.54, 1.807) is 23.1 Å². The summed E-state index contributed by atoms with van der Waals surface area (Å²) in [7, 11) is 0. The van der Waals surface area contributed by atoms with E-state index in [1.807, 2.05) is 20.8 Å². The molecule has 0 aliphatic rings. The van der Waals surface area contributed by atoms with E-state index in [-0.39, 0.29) is 11.2 Å². The summed E-state index contributed by atoms with van der Waals surface area (Å²) in [5, 5.41) is 8.32. The molecule has 2 heterocycles. The lowest BCUT2D eigenvalue weighted by molar-refractivity contribution is 0.329. The third-order valence-corrected chi connectivity index (χ3v) is 3.11. The number of hydrogen-bond acceptors (Lipinski definition) is 4. The van der Waals surface area contributed by atoms with Crippen molar-refractivity contribution in [2.45, 2.75) is 26.2 Å². The Morgan fingerprint density at radius 2 is 1.86 bits per heavy atom. The Hall–Kier alpha value is -2.50. The molecule has 0 bridgehead atoms. The zero-order valence-corrected chi connectivity index (χ0v) is 12.0. The standard InChI is InChI=1S/C15H15FN4O/c1-15(2,3)14-13(20-9-17-8-18-20)12(19-21-14)10-4-6-11(16)7-5-10/h4-9H,1-3H3. The van der Waals surface area contributed by atoms with Gasteiger partial charge in [-0.1, -0.05) is 25.9 Å². The SMILES string of the molecule is CC(C)(C)c1onc(-c2ccc(F)cc2)c1-n1cncn1. The quantitative estimate of drug-likeness (QED) is 0.725. The summed E-state index contributed by atoms with van der Waals surface area (Å²) in [5.41, 5.74) is 1.87. The molecule has 0 amide bonds. The van der Waals surface area contributed by atoms with Gasteiger partial charge in [0.2, 0.25) is 0 Å². The second-order valence-corrected chi connectivity index (χ2v) is 5.81. The Morgan fingerprint density at radius 1 is 1.14 bits per heavy atom. The number of nitrogens with zero attached hydrogens (tertiary/aromatic N) is 4. The van der Waals surface area contributed by atoms with Gasteiger partial charge in [0.05, 0.1) is 0 Å². The summed E-state index contributed by atoms with van der Waals surface area (Å²) in [6, 6.07) is 6.12. The lowest BCUT2D eigenvalue weighted by Gasteiger charge is -2.16. The molecule has 108 valence electrons. The minimum atomic E-state index is -0.291. The van der Waals surface area contributed by atoms with Crippen molar-refractivity contribution in [3.8, 4) is 16.9 Å². The van der Waals surface area contributed by atoms with Crippen LogP contribution in [0, 0.1) is 5.82 Å². The van der Waals surface area contributed by atoms with Crippen LogP contribution in [0.25, 0.3) is 16.9 Å². The maximum atomic E-state index is 13.1. The van der Waals surface area contributed by atoms with Crippen LogP contribution >= 0.6 is 0 Å². The van der Waals surface area contributed by atoms with Gasteiger partial charge in [-0.3, -0.25) is 0 Å². The molecule has 3 rings (SSSR count). The van der Waals surface area contributed by atoms with E-state index < -0.39 is 0 Å². The van der Waals surface area contributed by atoms with Crippen LogP contribution in [0.1, 0.15) is 26.5 Å². The molecule has 1 aromatic carbocycles. The van der Waals surface area contributed by atoms with Crippen molar-refractivity contribution in [3.63, 3.8) is 0 Å². The first kappa shape index (κ1) is 13.5. The number of benzene rings is 1. The molecule has 5 nitrogen and oxygen atoms in total. The predicted octanol–water partition coefficient (Wildman–Crippen LogP) is 3.36. The Kier molecular flexibility index (Phi) is 3.08. The van der Waals surface area contributed by atoms with Gasteiger partial charge in [-0.2, -0.15) is 5.10 Å². The Morgan fingerprint density at radius 3 is 2.43 bits per heavy atom. The normalized spacial score (nSPS) is 11.8. The molecule has 0 fully saturated rings. The summed E-state index contributed by atoms with van der Waals surface area (Å²) >= 11 is 0. The first-order chi connectivity index (χ1) is 9.97. The molecule has 21 heavy (non-hydrogen) atoms. The van der Waals surface area contributed by atoms with Gasteiger partial charge in [0.15, 0.2) is 5.76 Å². The molecular weight excluding hydrogens is 271 g/mol. The molecule has 2 aromatic heterocycles. The topological polar surface area (TPSA) is 56.7 Å². The number of aromatic nitrogens is 4. The summed E-state index contributed by atoms with van der Waals surface area (Å²) in [5.74, 6) is 0.410. The minimum absolute atomic E-state index is 0.243. The van der Waals surface area contributed by atoms with Crippen LogP contribution in [-0.4, -0.2) is 19.9 Å². The third-order valence-electron chi connectivity index (χ3n) is 3.11. The maximum absolute atomic E-state index is 13.1. The molecule has 3 aromatic rings. The fourth-order valence-electron chi connectivity index (χ4n) is 2.11. The number of hydrogen-bond donors (Lipinski definition) is 0. The Labute approximate surface area is 121 Å². The molecule has 0 aliphatic heterocycles.